The highest BCUT2D eigenvalue weighted by molar-refractivity contribution is 5.20. The Balaban J connectivity index is 1.59. The van der Waals surface area contributed by atoms with Crippen LogP contribution in [0.3, 0.4) is 0 Å². The summed E-state index contributed by atoms with van der Waals surface area (Å²) in [7, 11) is 0. The third-order valence-corrected chi connectivity index (χ3v) is 7.43. The Kier molecular flexibility index (Phi) is 49.5. The Morgan fingerprint density at radius 3 is 0.557 bits per heavy atom. The molecular weight excluding hydrogens is 808 g/mol. The van der Waals surface area contributed by atoms with Gasteiger partial charge in [-0.3, -0.25) is 0 Å². The van der Waals surface area contributed by atoms with Gasteiger partial charge in [-0.25, -0.2) is 0 Å². The van der Waals surface area contributed by atoms with E-state index < -0.39 is 0 Å². The lowest BCUT2D eigenvalue weighted by atomic mass is 10.3. The van der Waals surface area contributed by atoms with Gasteiger partial charge in [0, 0.05) is 0 Å². The molecule has 0 bridgehead atoms. The van der Waals surface area contributed by atoms with Crippen LogP contribution in [0, 0.1) is 0 Å². The van der Waals surface area contributed by atoms with Gasteiger partial charge in [0.25, 0.3) is 0 Å². The molecule has 1 rings (SSSR count). The van der Waals surface area contributed by atoms with Gasteiger partial charge in [0.1, 0.15) is 12.4 Å². The molecule has 0 aliphatic rings. The molecule has 0 unspecified atom stereocenters. The number of ether oxygens (including phenoxy) is 18. The summed E-state index contributed by atoms with van der Waals surface area (Å²) in [6.45, 7) is 17.3. The number of aliphatic hydroxyl groups excluding tert-OH is 1. The van der Waals surface area contributed by atoms with Crippen molar-refractivity contribution in [1.82, 2.24) is 0 Å². The number of hydrogen-bond acceptors (Lipinski definition) is 19. The third kappa shape index (κ3) is 49.2. The quantitative estimate of drug-likeness (QED) is 0.0924. The second-order valence-electron chi connectivity index (χ2n) is 12.3. The lowest BCUT2D eigenvalue weighted by molar-refractivity contribution is -0.0309. The van der Waals surface area contributed by atoms with Crippen LogP contribution < -0.4 is 4.74 Å². The van der Waals surface area contributed by atoms with Crippen LogP contribution >= 0.6 is 0 Å². The van der Waals surface area contributed by atoms with Crippen LogP contribution in [0.15, 0.2) is 30.3 Å². The van der Waals surface area contributed by atoms with Gasteiger partial charge in [-0.1, -0.05) is 18.2 Å². The van der Waals surface area contributed by atoms with Gasteiger partial charge in [0.05, 0.1) is 231 Å². The van der Waals surface area contributed by atoms with Crippen LogP contribution in [0.4, 0.5) is 0 Å². The summed E-state index contributed by atoms with van der Waals surface area (Å²) in [4.78, 5) is 0. The van der Waals surface area contributed by atoms with Crippen LogP contribution in [-0.2, 0) is 80.5 Å². The van der Waals surface area contributed by atoms with Crippen LogP contribution in [0.5, 0.6) is 5.75 Å². The van der Waals surface area contributed by atoms with Crippen LogP contribution in [0.25, 0.3) is 0 Å². The Morgan fingerprint density at radius 2 is 0.377 bits per heavy atom. The number of aliphatic hydroxyl groups is 1. The zero-order valence-electron chi connectivity index (χ0n) is 36.6. The van der Waals surface area contributed by atoms with E-state index in [2.05, 4.69) is 0 Å². The molecule has 61 heavy (non-hydrogen) atoms. The van der Waals surface area contributed by atoms with Crippen molar-refractivity contribution in [2.45, 2.75) is 0 Å². The molecule has 0 aromatic heterocycles. The van der Waals surface area contributed by atoms with E-state index in [0.717, 1.165) is 5.75 Å². The van der Waals surface area contributed by atoms with Gasteiger partial charge >= 0.3 is 0 Å². The van der Waals surface area contributed by atoms with E-state index in [4.69, 9.17) is 90.4 Å². The molecule has 0 saturated carbocycles. The van der Waals surface area contributed by atoms with E-state index in [1.54, 1.807) is 0 Å². The van der Waals surface area contributed by atoms with Gasteiger partial charge in [-0.05, 0) is 12.1 Å². The maximum Gasteiger partial charge on any atom is 0.119 e. The van der Waals surface area contributed by atoms with Crippen molar-refractivity contribution >= 4 is 0 Å². The van der Waals surface area contributed by atoms with E-state index in [1.165, 1.54) is 0 Å². The van der Waals surface area contributed by atoms with E-state index in [1.807, 2.05) is 30.3 Å². The average Bonchev–Trinajstić information content (AvgIpc) is 3.28. The average molecular weight is 887 g/mol. The fourth-order valence-corrected chi connectivity index (χ4v) is 4.42. The van der Waals surface area contributed by atoms with Crippen LogP contribution in [0.2, 0.25) is 0 Å². The maximum absolute atomic E-state index is 8.60. The fourth-order valence-electron chi connectivity index (χ4n) is 4.42. The van der Waals surface area contributed by atoms with Crippen molar-refractivity contribution in [1.29, 1.82) is 0 Å². The third-order valence-electron chi connectivity index (χ3n) is 7.43. The minimum absolute atomic E-state index is 0.0206. The van der Waals surface area contributed by atoms with Gasteiger partial charge in [0.2, 0.25) is 0 Å². The number of hydrogen-bond donors (Lipinski definition) is 1. The highest BCUT2D eigenvalue weighted by atomic mass is 16.6. The maximum atomic E-state index is 8.60. The Labute approximate surface area is 363 Å². The number of benzene rings is 1. The Bertz CT molecular complexity index is 926. The van der Waals surface area contributed by atoms with Gasteiger partial charge in [-0.15, -0.1) is 0 Å². The SMILES string of the molecule is OCCOCCOCCOCCOCCOCCOCCOCCOCCOCCOCCOCCOCCOCCOCCOCCOCCOCCOc1ccccc1. The first kappa shape index (κ1) is 57.3. The van der Waals surface area contributed by atoms with Crippen molar-refractivity contribution < 1.29 is 90.4 Å². The lowest BCUT2D eigenvalue weighted by Crippen LogP contribution is -2.16. The minimum atomic E-state index is 0.0206. The molecule has 0 radical (unpaired) electrons. The molecule has 360 valence electrons. The second-order valence-corrected chi connectivity index (χ2v) is 12.3. The minimum Gasteiger partial charge on any atom is -0.491 e. The van der Waals surface area contributed by atoms with E-state index in [-0.39, 0.29) is 6.61 Å². The summed E-state index contributed by atoms with van der Waals surface area (Å²) >= 11 is 0. The highest BCUT2D eigenvalue weighted by Gasteiger charge is 1.99. The molecular formula is C42H78O19. The molecule has 0 saturated heterocycles. The second kappa shape index (κ2) is 52.6. The van der Waals surface area contributed by atoms with Crippen LogP contribution in [-0.4, -0.2) is 243 Å². The molecule has 19 heteroatoms. The molecule has 19 nitrogen and oxygen atoms in total. The first-order valence-electron chi connectivity index (χ1n) is 21.5. The predicted octanol–water partition coefficient (Wildman–Crippen LogP) is 1.34. The zero-order valence-corrected chi connectivity index (χ0v) is 36.6. The van der Waals surface area contributed by atoms with E-state index in [0.29, 0.717) is 231 Å². The smallest absolute Gasteiger partial charge is 0.119 e. The van der Waals surface area contributed by atoms with Crippen molar-refractivity contribution in [3.8, 4) is 5.75 Å². The topological polar surface area (TPSA) is 186 Å². The van der Waals surface area contributed by atoms with Crippen molar-refractivity contribution in [2.24, 2.45) is 0 Å². The zero-order chi connectivity index (χ0) is 43.3. The molecule has 1 aromatic rings. The predicted molar refractivity (Wildman–Crippen MR) is 223 cm³/mol. The molecule has 1 aromatic carbocycles. The summed E-state index contributed by atoms with van der Waals surface area (Å²) in [5.41, 5.74) is 0. The molecule has 1 N–H and O–H groups in total. The van der Waals surface area contributed by atoms with E-state index in [9.17, 15) is 0 Å². The van der Waals surface area contributed by atoms with Gasteiger partial charge in [0.15, 0.2) is 0 Å². The van der Waals surface area contributed by atoms with Gasteiger partial charge in [-0.2, -0.15) is 0 Å². The fraction of sp³-hybridized carbons (Fsp3) is 0.857. The number of rotatable bonds is 54. The lowest BCUT2D eigenvalue weighted by Gasteiger charge is -2.09. The van der Waals surface area contributed by atoms with Gasteiger partial charge < -0.3 is 90.4 Å². The van der Waals surface area contributed by atoms with Crippen molar-refractivity contribution in [3.63, 3.8) is 0 Å². The Hall–Kier alpha value is -1.70. The molecule has 0 heterocycles. The largest absolute Gasteiger partial charge is 0.491 e. The summed E-state index contributed by atoms with van der Waals surface area (Å²) in [5, 5.41) is 8.60. The molecule has 0 fully saturated rings. The van der Waals surface area contributed by atoms with Crippen LogP contribution in [0.1, 0.15) is 0 Å². The van der Waals surface area contributed by atoms with E-state index >= 15 is 0 Å². The van der Waals surface area contributed by atoms with Crippen molar-refractivity contribution in [3.05, 3.63) is 30.3 Å². The summed E-state index contributed by atoms with van der Waals surface area (Å²) in [6.07, 6.45) is 0. The van der Waals surface area contributed by atoms with Crippen molar-refractivity contribution in [2.75, 3.05) is 238 Å². The summed E-state index contributed by atoms with van der Waals surface area (Å²) in [5.74, 6) is 0.840. The first-order chi connectivity index (χ1) is 30.4. The normalized spacial score (nSPS) is 11.6. The first-order valence-corrected chi connectivity index (χ1v) is 21.5. The molecule has 0 aliphatic heterocycles. The highest BCUT2D eigenvalue weighted by Crippen LogP contribution is 2.07. The standard InChI is InChI=1S/C42H78O19/c43-6-7-44-8-9-45-10-11-46-12-13-47-14-15-48-16-17-49-18-19-50-20-21-51-22-23-52-24-25-53-26-27-54-28-29-55-30-31-56-32-33-57-34-35-58-36-37-59-38-39-60-40-41-61-42-4-2-1-3-5-42/h1-5,43H,6-41H2. The number of para-hydroxylation sites is 1. The monoisotopic (exact) mass is 887 g/mol. The summed E-state index contributed by atoms with van der Waals surface area (Å²) < 4.78 is 98.3. The molecule has 0 aliphatic carbocycles. The molecule has 0 amide bonds. The molecule has 0 atom stereocenters. The summed E-state index contributed by atoms with van der Waals surface area (Å²) in [6, 6.07) is 9.66. The Morgan fingerprint density at radius 1 is 0.213 bits per heavy atom. The molecule has 0 spiro atoms.